The van der Waals surface area contributed by atoms with Gasteiger partial charge in [-0.15, -0.1) is 6.58 Å². The third kappa shape index (κ3) is 8.39. The number of anilines is 1. The van der Waals surface area contributed by atoms with Crippen LogP contribution in [0.25, 0.3) is 32.8 Å². The van der Waals surface area contributed by atoms with Crippen molar-refractivity contribution in [3.63, 3.8) is 0 Å². The second kappa shape index (κ2) is 17.8. The van der Waals surface area contributed by atoms with Crippen LogP contribution in [-0.4, -0.2) is 77.1 Å². The maximum Gasteiger partial charge on any atom is 0.355 e. The molecule has 0 atom stereocenters. The first-order chi connectivity index (χ1) is 27.8. The monoisotopic (exact) mass is 769 g/mol. The summed E-state index contributed by atoms with van der Waals surface area (Å²) in [5.74, 6) is 1.32. The summed E-state index contributed by atoms with van der Waals surface area (Å²) in [5.41, 5.74) is 6.88. The summed E-state index contributed by atoms with van der Waals surface area (Å²) in [4.78, 5) is 29.6. The van der Waals surface area contributed by atoms with E-state index in [0.717, 1.165) is 80.0 Å². The Morgan fingerprint density at radius 1 is 0.860 bits per heavy atom. The van der Waals surface area contributed by atoms with Crippen LogP contribution in [0.5, 0.6) is 11.5 Å². The Bertz CT molecular complexity index is 2370. The molecule has 0 radical (unpaired) electrons. The van der Waals surface area contributed by atoms with Crippen LogP contribution >= 0.6 is 0 Å². The van der Waals surface area contributed by atoms with Crippen LogP contribution < -0.4 is 14.4 Å². The van der Waals surface area contributed by atoms with Gasteiger partial charge in [0, 0.05) is 74.8 Å². The number of carbonyl (C=O) groups excluding carboxylic acids is 2. The molecule has 1 aliphatic rings. The minimum absolute atomic E-state index is 0.115. The molecule has 0 spiro atoms. The van der Waals surface area contributed by atoms with Crippen molar-refractivity contribution in [3.8, 4) is 22.6 Å². The molecule has 11 nitrogen and oxygen atoms in total. The highest BCUT2D eigenvalue weighted by atomic mass is 16.5. The summed E-state index contributed by atoms with van der Waals surface area (Å²) >= 11 is 0. The van der Waals surface area contributed by atoms with Crippen LogP contribution in [0.4, 0.5) is 5.69 Å². The average molecular weight is 770 g/mol. The van der Waals surface area contributed by atoms with E-state index in [0.29, 0.717) is 51.4 Å². The zero-order valence-electron chi connectivity index (χ0n) is 33.3. The zero-order valence-corrected chi connectivity index (χ0v) is 33.3. The molecule has 1 amide bonds. The number of fused-ring (bicyclic) bond motifs is 2. The van der Waals surface area contributed by atoms with Crippen molar-refractivity contribution in [2.24, 2.45) is 14.1 Å². The maximum absolute atomic E-state index is 13.7. The van der Waals surface area contributed by atoms with Gasteiger partial charge in [0.2, 0.25) is 5.91 Å². The summed E-state index contributed by atoms with van der Waals surface area (Å²) < 4.78 is 28.2. The van der Waals surface area contributed by atoms with E-state index in [9.17, 15) is 9.59 Å². The molecule has 1 fully saturated rings. The number of rotatable bonds is 16. The van der Waals surface area contributed by atoms with Gasteiger partial charge < -0.3 is 33.3 Å². The van der Waals surface area contributed by atoms with Crippen molar-refractivity contribution in [1.82, 2.24) is 19.2 Å². The van der Waals surface area contributed by atoms with E-state index in [1.54, 1.807) is 13.0 Å². The Hall–Kier alpha value is -6.07. The second-order valence-corrected chi connectivity index (χ2v) is 14.2. The van der Waals surface area contributed by atoms with Crippen LogP contribution in [0.3, 0.4) is 0 Å². The van der Waals surface area contributed by atoms with Gasteiger partial charge in [-0.3, -0.25) is 9.48 Å². The molecule has 1 aliphatic heterocycles. The lowest BCUT2D eigenvalue weighted by atomic mass is 9.98. The average Bonchev–Trinajstić information content (AvgIpc) is 3.70. The molecule has 4 aromatic carbocycles. The van der Waals surface area contributed by atoms with Crippen molar-refractivity contribution in [1.29, 1.82) is 0 Å². The van der Waals surface area contributed by atoms with Crippen LogP contribution in [0.15, 0.2) is 97.6 Å². The second-order valence-electron chi connectivity index (χ2n) is 14.2. The molecule has 11 heteroatoms. The van der Waals surface area contributed by atoms with E-state index in [1.807, 2.05) is 77.6 Å². The third-order valence-corrected chi connectivity index (χ3v) is 10.6. The minimum Gasteiger partial charge on any atom is -0.493 e. The number of aromatic nitrogens is 3. The van der Waals surface area contributed by atoms with E-state index < -0.39 is 0 Å². The Labute approximate surface area is 334 Å². The Balaban J connectivity index is 1.18. The highest BCUT2D eigenvalue weighted by molar-refractivity contribution is 6.04. The summed E-state index contributed by atoms with van der Waals surface area (Å²) in [6.07, 6.45) is 3.03. The summed E-state index contributed by atoms with van der Waals surface area (Å²) in [6, 6.07) is 28.5. The molecule has 6 aromatic rings. The van der Waals surface area contributed by atoms with Gasteiger partial charge in [0.1, 0.15) is 29.5 Å². The highest BCUT2D eigenvalue weighted by Crippen LogP contribution is 2.39. The SMILES string of the molecule is C=CCOCc1c(-c2cccc3c(CCCOc4cccc5ccccc45)c(C(=O)OCC)n(C)c23)c(COc2ccc(N3CCN(C(C)=O)CC3)cc2)nn1C. The van der Waals surface area contributed by atoms with Crippen LogP contribution in [0.1, 0.15) is 47.7 Å². The normalized spacial score (nSPS) is 13.0. The summed E-state index contributed by atoms with van der Waals surface area (Å²) in [7, 11) is 3.84. The third-order valence-electron chi connectivity index (χ3n) is 10.6. The van der Waals surface area contributed by atoms with Gasteiger partial charge in [-0.25, -0.2) is 4.79 Å². The van der Waals surface area contributed by atoms with Gasteiger partial charge in [-0.2, -0.15) is 5.10 Å². The van der Waals surface area contributed by atoms with Gasteiger partial charge in [-0.1, -0.05) is 60.7 Å². The van der Waals surface area contributed by atoms with Crippen molar-refractivity contribution >= 4 is 39.2 Å². The van der Waals surface area contributed by atoms with Gasteiger partial charge in [0.15, 0.2) is 0 Å². The van der Waals surface area contributed by atoms with Gasteiger partial charge in [-0.05, 0) is 61.0 Å². The number of hydrogen-bond donors (Lipinski definition) is 0. The number of amides is 1. The number of carbonyl (C=O) groups is 2. The fraction of sp³-hybridized carbons (Fsp3) is 0.326. The number of hydrogen-bond acceptors (Lipinski definition) is 8. The van der Waals surface area contributed by atoms with E-state index in [2.05, 4.69) is 53.9 Å². The molecule has 0 saturated carbocycles. The molecular weight excluding hydrogens is 719 g/mol. The van der Waals surface area contributed by atoms with E-state index in [1.165, 1.54) is 0 Å². The number of benzene rings is 4. The summed E-state index contributed by atoms with van der Waals surface area (Å²) in [6.45, 7) is 11.9. The molecule has 7 rings (SSSR count). The Kier molecular flexibility index (Phi) is 12.2. The molecule has 3 heterocycles. The van der Waals surface area contributed by atoms with Crippen molar-refractivity contribution in [2.75, 3.05) is 50.9 Å². The molecule has 0 aliphatic carbocycles. The quantitative estimate of drug-likeness (QED) is 0.0558. The first-order valence-corrected chi connectivity index (χ1v) is 19.6. The maximum atomic E-state index is 13.7. The predicted octanol–water partition coefficient (Wildman–Crippen LogP) is 7.87. The molecule has 57 heavy (non-hydrogen) atoms. The molecule has 0 bridgehead atoms. The lowest BCUT2D eigenvalue weighted by molar-refractivity contribution is -0.129. The number of piperazine rings is 1. The number of ether oxygens (including phenoxy) is 4. The zero-order chi connectivity index (χ0) is 39.9. The fourth-order valence-corrected chi connectivity index (χ4v) is 7.88. The van der Waals surface area contributed by atoms with Gasteiger partial charge >= 0.3 is 5.97 Å². The van der Waals surface area contributed by atoms with Crippen molar-refractivity contribution < 1.29 is 28.5 Å². The smallest absolute Gasteiger partial charge is 0.355 e. The molecular formula is C46H51N5O6. The number of para-hydroxylation sites is 1. The fourth-order valence-electron chi connectivity index (χ4n) is 7.88. The van der Waals surface area contributed by atoms with Crippen LogP contribution in [0, 0.1) is 0 Å². The van der Waals surface area contributed by atoms with Crippen molar-refractivity contribution in [2.45, 2.75) is 39.9 Å². The van der Waals surface area contributed by atoms with E-state index in [-0.39, 0.29) is 25.1 Å². The molecule has 296 valence electrons. The van der Waals surface area contributed by atoms with Gasteiger partial charge in [0.05, 0.1) is 37.6 Å². The van der Waals surface area contributed by atoms with E-state index >= 15 is 0 Å². The first kappa shape index (κ1) is 39.2. The number of esters is 1. The van der Waals surface area contributed by atoms with E-state index in [4.69, 9.17) is 24.0 Å². The minimum atomic E-state index is -0.361. The topological polar surface area (TPSA) is 100 Å². The number of aryl methyl sites for hydroxylation is 3. The Morgan fingerprint density at radius 2 is 1.60 bits per heavy atom. The standard InChI is InChI=1S/C46H51N5O6/c1-6-28-54-31-41-43(40(47-49(41)5)30-57-35-22-20-34(21-23-35)51-26-24-50(25-27-51)32(3)52)39-17-11-16-37-38(45(46(53)55-7-2)48(4)44(37)39)18-12-29-56-42-19-10-14-33-13-8-9-15-36(33)42/h6,8-11,13-17,19-23H,1,7,12,18,24-31H2,2-5H3. The first-order valence-electron chi connectivity index (χ1n) is 19.6. The molecule has 2 aromatic heterocycles. The van der Waals surface area contributed by atoms with Crippen LogP contribution in [-0.2, 0) is 48.0 Å². The summed E-state index contributed by atoms with van der Waals surface area (Å²) in [5, 5.41) is 8.13. The predicted molar refractivity (Wildman–Crippen MR) is 224 cm³/mol. The lowest BCUT2D eigenvalue weighted by Crippen LogP contribution is -2.48. The molecule has 0 unspecified atom stereocenters. The molecule has 1 saturated heterocycles. The van der Waals surface area contributed by atoms with Crippen molar-refractivity contribution in [3.05, 3.63) is 120 Å². The lowest BCUT2D eigenvalue weighted by Gasteiger charge is -2.35. The Morgan fingerprint density at radius 3 is 2.35 bits per heavy atom. The van der Waals surface area contributed by atoms with Crippen LogP contribution in [0.2, 0.25) is 0 Å². The number of nitrogens with zero attached hydrogens (tertiary/aromatic N) is 5. The molecule has 0 N–H and O–H groups in total. The highest BCUT2D eigenvalue weighted by Gasteiger charge is 2.27. The largest absolute Gasteiger partial charge is 0.493 e. The van der Waals surface area contributed by atoms with Gasteiger partial charge in [0.25, 0.3) is 0 Å².